The molecule has 0 aromatic heterocycles. The van der Waals surface area contributed by atoms with E-state index in [1.807, 2.05) is 18.2 Å². The molecule has 3 heteroatoms. The van der Waals surface area contributed by atoms with Gasteiger partial charge in [0.05, 0.1) is 12.0 Å². The van der Waals surface area contributed by atoms with Gasteiger partial charge in [0, 0.05) is 12.5 Å². The average molecular weight is 260 g/mol. The van der Waals surface area contributed by atoms with Gasteiger partial charge in [0.15, 0.2) is 0 Å². The molecule has 0 spiro atoms. The summed E-state index contributed by atoms with van der Waals surface area (Å²) in [6.07, 6.45) is 4.58. The van der Waals surface area contributed by atoms with Crippen LogP contribution in [0.2, 0.25) is 0 Å². The zero-order valence-corrected chi connectivity index (χ0v) is 11.1. The third-order valence-electron chi connectivity index (χ3n) is 4.71. The molecule has 1 saturated carbocycles. The van der Waals surface area contributed by atoms with Gasteiger partial charge in [0.25, 0.3) is 0 Å². The van der Waals surface area contributed by atoms with Crippen LogP contribution < -0.4 is 0 Å². The van der Waals surface area contributed by atoms with Crippen molar-refractivity contribution in [1.29, 1.82) is 0 Å². The van der Waals surface area contributed by atoms with Crippen molar-refractivity contribution < 1.29 is 14.6 Å². The Bertz CT molecular complexity index is 469. The van der Waals surface area contributed by atoms with Crippen molar-refractivity contribution in [3.63, 3.8) is 0 Å². The summed E-state index contributed by atoms with van der Waals surface area (Å²) < 4.78 is 5.48. The lowest BCUT2D eigenvalue weighted by molar-refractivity contribution is -0.143. The molecule has 1 aromatic carbocycles. The molecule has 1 unspecified atom stereocenters. The van der Waals surface area contributed by atoms with Gasteiger partial charge in [0.2, 0.25) is 0 Å². The summed E-state index contributed by atoms with van der Waals surface area (Å²) in [6.45, 7) is 1.52. The van der Waals surface area contributed by atoms with Crippen LogP contribution in [0.5, 0.6) is 0 Å². The zero-order valence-electron chi connectivity index (χ0n) is 11.1. The van der Waals surface area contributed by atoms with E-state index < -0.39 is 11.4 Å². The molecule has 1 saturated heterocycles. The van der Waals surface area contributed by atoms with Gasteiger partial charge in [-0.15, -0.1) is 0 Å². The fourth-order valence-corrected chi connectivity index (χ4v) is 3.65. The first-order valence-corrected chi connectivity index (χ1v) is 7.14. The van der Waals surface area contributed by atoms with Crippen molar-refractivity contribution in [2.45, 2.75) is 43.4 Å². The van der Waals surface area contributed by atoms with Gasteiger partial charge in [-0.3, -0.25) is 4.79 Å². The van der Waals surface area contributed by atoms with Crippen molar-refractivity contribution in [1.82, 2.24) is 0 Å². The van der Waals surface area contributed by atoms with Crippen LogP contribution in [0.15, 0.2) is 24.3 Å². The van der Waals surface area contributed by atoms with Crippen LogP contribution in [0.1, 0.15) is 49.1 Å². The molecule has 1 aromatic rings. The Morgan fingerprint density at radius 3 is 2.63 bits per heavy atom. The molecule has 1 atom stereocenters. The van der Waals surface area contributed by atoms with E-state index in [4.69, 9.17) is 4.74 Å². The Labute approximate surface area is 113 Å². The van der Waals surface area contributed by atoms with Crippen molar-refractivity contribution in [3.8, 4) is 0 Å². The van der Waals surface area contributed by atoms with Crippen LogP contribution in [0, 0.1) is 0 Å². The first-order chi connectivity index (χ1) is 9.24. The second-order valence-corrected chi connectivity index (χ2v) is 5.74. The summed E-state index contributed by atoms with van der Waals surface area (Å²) in [7, 11) is 0. The highest BCUT2D eigenvalue weighted by atomic mass is 16.5. The van der Waals surface area contributed by atoms with E-state index in [0.29, 0.717) is 5.92 Å². The number of ether oxygens (including phenoxy) is 1. The lowest BCUT2D eigenvalue weighted by Gasteiger charge is -2.28. The number of hydrogen-bond acceptors (Lipinski definition) is 2. The summed E-state index contributed by atoms with van der Waals surface area (Å²) >= 11 is 0. The van der Waals surface area contributed by atoms with Crippen LogP contribution in [0.3, 0.4) is 0 Å². The molecule has 0 amide bonds. The standard InChI is InChI=1S/C16H20O3/c17-15(18)16(8-3-4-9-16)14-6-2-1-5-13(14)12-7-10-19-11-12/h1-2,5-6,12H,3-4,7-11H2,(H,17,18). The van der Waals surface area contributed by atoms with Gasteiger partial charge >= 0.3 is 5.97 Å². The number of carboxylic acids is 1. The summed E-state index contributed by atoms with van der Waals surface area (Å²) in [5.74, 6) is -0.288. The van der Waals surface area contributed by atoms with Crippen molar-refractivity contribution in [2.24, 2.45) is 0 Å². The van der Waals surface area contributed by atoms with Crippen LogP contribution in [-0.2, 0) is 14.9 Å². The fourth-order valence-electron chi connectivity index (χ4n) is 3.65. The minimum Gasteiger partial charge on any atom is -0.481 e. The maximum Gasteiger partial charge on any atom is 0.314 e. The molecular weight excluding hydrogens is 240 g/mol. The van der Waals surface area contributed by atoms with E-state index in [1.54, 1.807) is 0 Å². The van der Waals surface area contributed by atoms with Gasteiger partial charge < -0.3 is 9.84 Å². The summed E-state index contributed by atoms with van der Waals surface area (Å²) in [5.41, 5.74) is 1.58. The monoisotopic (exact) mass is 260 g/mol. The van der Waals surface area contributed by atoms with Gasteiger partial charge in [-0.05, 0) is 30.4 Å². The molecule has 2 fully saturated rings. The Morgan fingerprint density at radius 1 is 1.26 bits per heavy atom. The number of carboxylic acid groups (broad SMARTS) is 1. The molecule has 0 bridgehead atoms. The molecule has 0 radical (unpaired) electrons. The van der Waals surface area contributed by atoms with E-state index in [1.165, 1.54) is 5.56 Å². The molecule has 1 aliphatic carbocycles. The van der Waals surface area contributed by atoms with Crippen LogP contribution in [0.4, 0.5) is 0 Å². The smallest absolute Gasteiger partial charge is 0.314 e. The molecule has 2 aliphatic rings. The van der Waals surface area contributed by atoms with E-state index in [0.717, 1.165) is 50.9 Å². The zero-order chi connectivity index (χ0) is 13.3. The van der Waals surface area contributed by atoms with Gasteiger partial charge in [-0.25, -0.2) is 0 Å². The molecule has 102 valence electrons. The molecule has 1 N–H and O–H groups in total. The van der Waals surface area contributed by atoms with E-state index >= 15 is 0 Å². The molecule has 3 rings (SSSR count). The topological polar surface area (TPSA) is 46.5 Å². The Morgan fingerprint density at radius 2 is 2.00 bits per heavy atom. The van der Waals surface area contributed by atoms with Gasteiger partial charge in [0.1, 0.15) is 0 Å². The maximum absolute atomic E-state index is 11.9. The summed E-state index contributed by atoms with van der Waals surface area (Å²) in [4.78, 5) is 11.9. The summed E-state index contributed by atoms with van der Waals surface area (Å²) in [5, 5.41) is 9.75. The second kappa shape index (κ2) is 4.97. The average Bonchev–Trinajstić information content (AvgIpc) is 3.11. The maximum atomic E-state index is 11.9. The minimum absolute atomic E-state index is 0.369. The first kappa shape index (κ1) is 12.7. The Balaban J connectivity index is 2.05. The Hall–Kier alpha value is -1.35. The lowest BCUT2D eigenvalue weighted by atomic mass is 9.74. The highest BCUT2D eigenvalue weighted by Crippen LogP contribution is 2.45. The van der Waals surface area contributed by atoms with E-state index in [-0.39, 0.29) is 0 Å². The molecule has 19 heavy (non-hydrogen) atoms. The quantitative estimate of drug-likeness (QED) is 0.908. The van der Waals surface area contributed by atoms with E-state index in [2.05, 4.69) is 6.07 Å². The highest BCUT2D eigenvalue weighted by molar-refractivity contribution is 5.82. The number of aliphatic carboxylic acids is 1. The number of hydrogen-bond donors (Lipinski definition) is 1. The van der Waals surface area contributed by atoms with Crippen molar-refractivity contribution >= 4 is 5.97 Å². The number of benzene rings is 1. The summed E-state index contributed by atoms with van der Waals surface area (Å²) in [6, 6.07) is 8.10. The van der Waals surface area contributed by atoms with Crippen LogP contribution in [0.25, 0.3) is 0 Å². The predicted octanol–water partition coefficient (Wildman–Crippen LogP) is 3.09. The third kappa shape index (κ3) is 2.06. The second-order valence-electron chi connectivity index (χ2n) is 5.74. The van der Waals surface area contributed by atoms with E-state index in [9.17, 15) is 9.90 Å². The Kier molecular flexibility index (Phi) is 3.31. The van der Waals surface area contributed by atoms with Crippen molar-refractivity contribution in [2.75, 3.05) is 13.2 Å². The molecular formula is C16H20O3. The van der Waals surface area contributed by atoms with Gasteiger partial charge in [-0.2, -0.15) is 0 Å². The predicted molar refractivity (Wildman–Crippen MR) is 72.4 cm³/mol. The number of carbonyl (C=O) groups is 1. The van der Waals surface area contributed by atoms with Crippen LogP contribution in [-0.4, -0.2) is 24.3 Å². The minimum atomic E-state index is -0.656. The lowest BCUT2D eigenvalue weighted by Crippen LogP contribution is -2.34. The largest absolute Gasteiger partial charge is 0.481 e. The molecule has 1 aliphatic heterocycles. The highest BCUT2D eigenvalue weighted by Gasteiger charge is 2.44. The normalized spacial score (nSPS) is 25.6. The molecule has 1 heterocycles. The van der Waals surface area contributed by atoms with Gasteiger partial charge in [-0.1, -0.05) is 37.1 Å². The third-order valence-corrected chi connectivity index (χ3v) is 4.71. The van der Waals surface area contributed by atoms with Crippen LogP contribution >= 0.6 is 0 Å². The molecule has 3 nitrogen and oxygen atoms in total. The first-order valence-electron chi connectivity index (χ1n) is 7.14. The number of rotatable bonds is 3. The SMILES string of the molecule is O=C(O)C1(c2ccccc2C2CCOC2)CCCC1. The fraction of sp³-hybridized carbons (Fsp3) is 0.562. The van der Waals surface area contributed by atoms with Crippen molar-refractivity contribution in [3.05, 3.63) is 35.4 Å².